The zero-order valence-corrected chi connectivity index (χ0v) is 20.7. The van der Waals surface area contributed by atoms with E-state index in [1.54, 1.807) is 6.07 Å². The van der Waals surface area contributed by atoms with Crippen molar-refractivity contribution in [2.75, 3.05) is 25.0 Å². The third-order valence-corrected chi connectivity index (χ3v) is 7.58. The van der Waals surface area contributed by atoms with Gasteiger partial charge in [0.15, 0.2) is 0 Å². The minimum atomic E-state index is -0.361. The summed E-state index contributed by atoms with van der Waals surface area (Å²) in [7, 11) is 0. The van der Waals surface area contributed by atoms with E-state index in [0.717, 1.165) is 54.6 Å². The Morgan fingerprint density at radius 3 is 2.88 bits per heavy atom. The number of hydrogen-bond donors (Lipinski definition) is 3. The van der Waals surface area contributed by atoms with Crippen LogP contribution < -0.4 is 20.7 Å². The number of nitrogens with zero attached hydrogens (tertiary/aromatic N) is 2. The van der Waals surface area contributed by atoms with Gasteiger partial charge in [0, 0.05) is 19.2 Å². The predicted molar refractivity (Wildman–Crippen MR) is 135 cm³/mol. The molecular formula is C25H32FN5O2S. The van der Waals surface area contributed by atoms with Crippen molar-refractivity contribution >= 4 is 39.0 Å². The first-order chi connectivity index (χ1) is 16.5. The Morgan fingerprint density at radius 2 is 2.15 bits per heavy atom. The highest BCUT2D eigenvalue weighted by molar-refractivity contribution is 7.20. The van der Waals surface area contributed by atoms with E-state index in [0.29, 0.717) is 34.6 Å². The van der Waals surface area contributed by atoms with Gasteiger partial charge >= 0.3 is 0 Å². The Morgan fingerprint density at radius 1 is 1.32 bits per heavy atom. The SMILES string of the molecule is CCC(CC)CNC(=O)c1sc2ncnc(Nc3ccc(F)cc3OC3CCCNC3)c2c1C. The molecule has 1 fully saturated rings. The second-order valence-electron chi connectivity index (χ2n) is 8.70. The highest BCUT2D eigenvalue weighted by Gasteiger charge is 2.22. The highest BCUT2D eigenvalue weighted by atomic mass is 32.1. The first kappa shape index (κ1) is 24.3. The molecule has 1 aromatic carbocycles. The largest absolute Gasteiger partial charge is 0.487 e. The Bertz CT molecular complexity index is 1140. The molecule has 4 rings (SSSR count). The van der Waals surface area contributed by atoms with Crippen LogP contribution in [0.15, 0.2) is 24.5 Å². The lowest BCUT2D eigenvalue weighted by Crippen LogP contribution is -2.37. The number of rotatable bonds is 9. The molecule has 3 heterocycles. The van der Waals surface area contributed by atoms with Gasteiger partial charge in [-0.1, -0.05) is 26.7 Å². The van der Waals surface area contributed by atoms with Crippen LogP contribution in [0.3, 0.4) is 0 Å². The van der Waals surface area contributed by atoms with Crippen molar-refractivity contribution < 1.29 is 13.9 Å². The van der Waals surface area contributed by atoms with Gasteiger partial charge in [0.05, 0.1) is 16.0 Å². The summed E-state index contributed by atoms with van der Waals surface area (Å²) in [6.07, 6.45) is 5.45. The molecule has 1 saturated heterocycles. The molecule has 3 N–H and O–H groups in total. The van der Waals surface area contributed by atoms with Crippen molar-refractivity contribution in [3.8, 4) is 5.75 Å². The number of carbonyl (C=O) groups excluding carboxylic acids is 1. The smallest absolute Gasteiger partial charge is 0.261 e. The number of anilines is 2. The third-order valence-electron chi connectivity index (χ3n) is 6.38. The molecule has 1 atom stereocenters. The molecule has 2 aromatic heterocycles. The number of carbonyl (C=O) groups is 1. The van der Waals surface area contributed by atoms with Crippen LogP contribution in [0.5, 0.6) is 5.75 Å². The molecule has 1 unspecified atom stereocenters. The first-order valence-corrected chi connectivity index (χ1v) is 12.8. The molecular weight excluding hydrogens is 453 g/mol. The molecule has 1 aliphatic rings. The summed E-state index contributed by atoms with van der Waals surface area (Å²) in [5.74, 6) is 1.02. The summed E-state index contributed by atoms with van der Waals surface area (Å²) >= 11 is 1.36. The topological polar surface area (TPSA) is 88.2 Å². The molecule has 0 spiro atoms. The number of aromatic nitrogens is 2. The number of hydrogen-bond acceptors (Lipinski definition) is 7. The van der Waals surface area contributed by atoms with Crippen LogP contribution in [0.2, 0.25) is 0 Å². The van der Waals surface area contributed by atoms with Crippen LogP contribution in [0, 0.1) is 18.7 Å². The number of ether oxygens (including phenoxy) is 1. The molecule has 1 amide bonds. The molecule has 0 bridgehead atoms. The number of piperidine rings is 1. The number of halogens is 1. The Balaban J connectivity index is 1.60. The minimum absolute atomic E-state index is 0.0187. The average molecular weight is 486 g/mol. The van der Waals surface area contributed by atoms with Gasteiger partial charge in [0.1, 0.15) is 34.6 Å². The Labute approximate surface area is 203 Å². The van der Waals surface area contributed by atoms with Crippen LogP contribution in [0.4, 0.5) is 15.9 Å². The second-order valence-corrected chi connectivity index (χ2v) is 9.70. The van der Waals surface area contributed by atoms with Crippen molar-refractivity contribution in [1.82, 2.24) is 20.6 Å². The molecule has 9 heteroatoms. The van der Waals surface area contributed by atoms with Crippen LogP contribution in [-0.4, -0.2) is 41.6 Å². The van der Waals surface area contributed by atoms with Gasteiger partial charge in [-0.3, -0.25) is 4.79 Å². The number of thiophene rings is 1. The zero-order chi connectivity index (χ0) is 24.1. The summed E-state index contributed by atoms with van der Waals surface area (Å²) in [5, 5.41) is 10.5. The maximum absolute atomic E-state index is 14.0. The maximum Gasteiger partial charge on any atom is 0.261 e. The van der Waals surface area contributed by atoms with E-state index in [9.17, 15) is 9.18 Å². The van der Waals surface area contributed by atoms with Crippen LogP contribution in [0.1, 0.15) is 54.8 Å². The van der Waals surface area contributed by atoms with Crippen molar-refractivity contribution in [1.29, 1.82) is 0 Å². The van der Waals surface area contributed by atoms with E-state index in [-0.39, 0.29) is 17.8 Å². The number of benzene rings is 1. The van der Waals surface area contributed by atoms with Gasteiger partial charge in [-0.15, -0.1) is 11.3 Å². The lowest BCUT2D eigenvalue weighted by molar-refractivity contribution is 0.0950. The van der Waals surface area contributed by atoms with Crippen molar-refractivity contribution in [3.05, 3.63) is 40.8 Å². The fourth-order valence-electron chi connectivity index (χ4n) is 4.20. The molecule has 34 heavy (non-hydrogen) atoms. The van der Waals surface area contributed by atoms with Crippen LogP contribution in [-0.2, 0) is 0 Å². The van der Waals surface area contributed by atoms with E-state index >= 15 is 0 Å². The number of amides is 1. The van der Waals surface area contributed by atoms with E-state index in [4.69, 9.17) is 4.74 Å². The monoisotopic (exact) mass is 485 g/mol. The quantitative estimate of drug-likeness (QED) is 0.387. The van der Waals surface area contributed by atoms with Gasteiger partial charge in [-0.05, 0) is 49.9 Å². The normalized spacial score (nSPS) is 16.1. The van der Waals surface area contributed by atoms with Crippen LogP contribution >= 0.6 is 11.3 Å². The lowest BCUT2D eigenvalue weighted by Gasteiger charge is -2.25. The standard InChI is InChI=1S/C25H32FN5O2S/c1-4-16(5-2)12-28-24(32)22-15(3)21-23(29-14-30-25(21)34-22)31-19-9-8-17(26)11-20(19)33-18-7-6-10-27-13-18/h8-9,11,14,16,18,27H,4-7,10,12-13H2,1-3H3,(H,28,32)(H,29,30,31). The number of nitrogens with one attached hydrogen (secondary N) is 3. The molecule has 182 valence electrons. The maximum atomic E-state index is 14.0. The molecule has 1 aliphatic heterocycles. The number of fused-ring (bicyclic) bond motifs is 1. The summed E-state index contributed by atoms with van der Waals surface area (Å²) in [4.78, 5) is 23.1. The van der Waals surface area contributed by atoms with Crippen molar-refractivity contribution in [2.24, 2.45) is 5.92 Å². The minimum Gasteiger partial charge on any atom is -0.487 e. The molecule has 0 radical (unpaired) electrons. The average Bonchev–Trinajstić information content (AvgIpc) is 3.19. The molecule has 3 aromatic rings. The molecule has 7 nitrogen and oxygen atoms in total. The predicted octanol–water partition coefficient (Wildman–Crippen LogP) is 5.18. The van der Waals surface area contributed by atoms with Gasteiger partial charge in [0.2, 0.25) is 0 Å². The fourth-order valence-corrected chi connectivity index (χ4v) is 5.27. The van der Waals surface area contributed by atoms with Gasteiger partial charge in [-0.2, -0.15) is 0 Å². The van der Waals surface area contributed by atoms with Gasteiger partial charge in [0.25, 0.3) is 5.91 Å². The van der Waals surface area contributed by atoms with Crippen molar-refractivity contribution in [3.63, 3.8) is 0 Å². The third kappa shape index (κ3) is 5.47. The van der Waals surface area contributed by atoms with E-state index in [1.165, 1.54) is 29.8 Å². The fraction of sp³-hybridized carbons (Fsp3) is 0.480. The van der Waals surface area contributed by atoms with Gasteiger partial charge < -0.3 is 20.7 Å². The summed E-state index contributed by atoms with van der Waals surface area (Å²) in [6.45, 7) is 8.54. The molecule has 0 saturated carbocycles. The summed E-state index contributed by atoms with van der Waals surface area (Å²) < 4.78 is 20.2. The second kappa shape index (κ2) is 11.1. The Hall–Kier alpha value is -2.78. The summed E-state index contributed by atoms with van der Waals surface area (Å²) in [5.41, 5.74) is 1.45. The summed E-state index contributed by atoms with van der Waals surface area (Å²) in [6, 6.07) is 4.44. The van der Waals surface area contributed by atoms with Crippen LogP contribution in [0.25, 0.3) is 10.2 Å². The highest BCUT2D eigenvalue weighted by Crippen LogP contribution is 2.37. The first-order valence-electron chi connectivity index (χ1n) is 12.0. The number of aryl methyl sites for hydroxylation is 1. The molecule has 0 aliphatic carbocycles. The van der Waals surface area contributed by atoms with Crippen molar-refractivity contribution in [2.45, 2.75) is 52.6 Å². The van der Waals surface area contributed by atoms with E-state index in [1.807, 2.05) is 6.92 Å². The van der Waals surface area contributed by atoms with Gasteiger partial charge in [-0.25, -0.2) is 14.4 Å². The van der Waals surface area contributed by atoms with E-state index in [2.05, 4.69) is 39.8 Å². The van der Waals surface area contributed by atoms with E-state index < -0.39 is 0 Å². The zero-order valence-electron chi connectivity index (χ0n) is 19.9. The Kier molecular flexibility index (Phi) is 7.95. The lowest BCUT2D eigenvalue weighted by atomic mass is 10.0.